The Balaban J connectivity index is 1.57. The molecule has 0 spiro atoms. The van der Waals surface area contributed by atoms with E-state index in [0.29, 0.717) is 17.1 Å². The minimum absolute atomic E-state index is 0.0154. The van der Waals surface area contributed by atoms with Crippen LogP contribution in [0, 0.1) is 0 Å². The summed E-state index contributed by atoms with van der Waals surface area (Å²) < 4.78 is 6.47. The lowest BCUT2D eigenvalue weighted by Gasteiger charge is -2.06. The molecule has 0 saturated carbocycles. The molecule has 1 aromatic heterocycles. The second-order valence-electron chi connectivity index (χ2n) is 5.67. The van der Waals surface area contributed by atoms with Gasteiger partial charge in [0.25, 0.3) is 5.91 Å². The lowest BCUT2D eigenvalue weighted by Crippen LogP contribution is -2.19. The molecule has 0 unspecified atom stereocenters. The number of phenolic OH excluding ortho intramolecular Hbond substituents is 1. The molecule has 0 aliphatic rings. The number of aromatic nitrogens is 2. The number of carbonyl (C=O) groups excluding carboxylic acids is 2. The van der Waals surface area contributed by atoms with Crippen molar-refractivity contribution in [1.82, 2.24) is 9.78 Å². The van der Waals surface area contributed by atoms with Crippen LogP contribution in [0.4, 0.5) is 11.4 Å². The van der Waals surface area contributed by atoms with Crippen LogP contribution < -0.4 is 15.4 Å². The largest absolute Gasteiger partial charge is 0.507 e. The second kappa shape index (κ2) is 8.05. The lowest BCUT2D eigenvalue weighted by molar-refractivity contribution is -0.116. The van der Waals surface area contributed by atoms with Gasteiger partial charge in [0.2, 0.25) is 5.91 Å². The van der Waals surface area contributed by atoms with Gasteiger partial charge in [0.15, 0.2) is 0 Å². The summed E-state index contributed by atoms with van der Waals surface area (Å²) in [6, 6.07) is 13.2. The second-order valence-corrected chi connectivity index (χ2v) is 5.67. The summed E-state index contributed by atoms with van der Waals surface area (Å²) in [7, 11) is 1.57. The number of rotatable bonds is 6. The molecule has 3 N–H and O–H groups in total. The molecule has 1 heterocycles. The number of anilines is 2. The molecule has 0 saturated heterocycles. The Morgan fingerprint density at radius 3 is 2.52 bits per heavy atom. The summed E-state index contributed by atoms with van der Waals surface area (Å²) in [5, 5.41) is 19.1. The first-order valence-electron chi connectivity index (χ1n) is 8.11. The van der Waals surface area contributed by atoms with Crippen molar-refractivity contribution in [2.45, 2.75) is 6.54 Å². The van der Waals surface area contributed by atoms with Crippen molar-refractivity contribution in [2.24, 2.45) is 0 Å². The third kappa shape index (κ3) is 4.63. The van der Waals surface area contributed by atoms with Crippen molar-refractivity contribution in [1.29, 1.82) is 0 Å². The van der Waals surface area contributed by atoms with Gasteiger partial charge in [-0.2, -0.15) is 5.10 Å². The first-order valence-corrected chi connectivity index (χ1v) is 8.11. The van der Waals surface area contributed by atoms with Crippen LogP contribution >= 0.6 is 0 Å². The number of amides is 2. The average Bonchev–Trinajstić information content (AvgIpc) is 3.09. The van der Waals surface area contributed by atoms with Crippen molar-refractivity contribution in [2.75, 3.05) is 17.7 Å². The van der Waals surface area contributed by atoms with Crippen LogP contribution in [0.25, 0.3) is 0 Å². The summed E-state index contributed by atoms with van der Waals surface area (Å²) in [6.45, 7) is -0.0154. The van der Waals surface area contributed by atoms with Gasteiger partial charge in [-0.3, -0.25) is 14.3 Å². The van der Waals surface area contributed by atoms with Gasteiger partial charge in [0.1, 0.15) is 18.0 Å². The highest BCUT2D eigenvalue weighted by atomic mass is 16.5. The Kier molecular flexibility index (Phi) is 5.36. The van der Waals surface area contributed by atoms with Crippen LogP contribution in [-0.4, -0.2) is 33.8 Å². The van der Waals surface area contributed by atoms with Crippen LogP contribution in [-0.2, 0) is 11.3 Å². The van der Waals surface area contributed by atoms with Gasteiger partial charge < -0.3 is 20.5 Å². The van der Waals surface area contributed by atoms with E-state index in [1.807, 2.05) is 0 Å². The van der Waals surface area contributed by atoms with E-state index in [-0.39, 0.29) is 23.8 Å². The number of para-hydroxylation sites is 1. The number of methoxy groups -OCH3 is 1. The van der Waals surface area contributed by atoms with Gasteiger partial charge in [-0.25, -0.2) is 0 Å². The topological polar surface area (TPSA) is 105 Å². The van der Waals surface area contributed by atoms with E-state index in [4.69, 9.17) is 4.74 Å². The number of carbonyl (C=O) groups is 2. The number of phenols is 1. The standard InChI is InChI=1S/C19H18N4O4/c1-27-15-8-6-13(7-9-15)21-18(25)12-23-11-14(10-20-23)22-19(26)16-4-2-3-5-17(16)24/h2-11,24H,12H2,1H3,(H,21,25)(H,22,26). The zero-order valence-corrected chi connectivity index (χ0v) is 14.5. The molecule has 138 valence electrons. The Morgan fingerprint density at radius 1 is 1.07 bits per heavy atom. The van der Waals surface area contributed by atoms with Crippen molar-refractivity contribution < 1.29 is 19.4 Å². The molecule has 8 heteroatoms. The van der Waals surface area contributed by atoms with Crippen LogP contribution in [0.2, 0.25) is 0 Å². The highest BCUT2D eigenvalue weighted by Gasteiger charge is 2.12. The van der Waals surface area contributed by atoms with Crippen LogP contribution in [0.5, 0.6) is 11.5 Å². The monoisotopic (exact) mass is 366 g/mol. The van der Waals surface area contributed by atoms with E-state index in [9.17, 15) is 14.7 Å². The van der Waals surface area contributed by atoms with Crippen molar-refractivity contribution in [3.63, 3.8) is 0 Å². The molecule has 8 nitrogen and oxygen atoms in total. The summed E-state index contributed by atoms with van der Waals surface area (Å²) in [6.07, 6.45) is 2.96. The first-order chi connectivity index (χ1) is 13.0. The molecule has 27 heavy (non-hydrogen) atoms. The van der Waals surface area contributed by atoms with Crippen molar-refractivity contribution >= 4 is 23.2 Å². The molecular weight excluding hydrogens is 348 g/mol. The van der Waals surface area contributed by atoms with Gasteiger partial charge in [0, 0.05) is 11.9 Å². The molecule has 0 aliphatic heterocycles. The van der Waals surface area contributed by atoms with Gasteiger partial charge in [-0.15, -0.1) is 0 Å². The van der Waals surface area contributed by atoms with Crippen molar-refractivity contribution in [3.8, 4) is 11.5 Å². The van der Waals surface area contributed by atoms with E-state index >= 15 is 0 Å². The fraction of sp³-hybridized carbons (Fsp3) is 0.105. The molecule has 0 radical (unpaired) electrons. The zero-order valence-electron chi connectivity index (χ0n) is 14.5. The van der Waals surface area contributed by atoms with E-state index in [0.717, 1.165) is 0 Å². The molecule has 2 aromatic carbocycles. The smallest absolute Gasteiger partial charge is 0.259 e. The third-order valence-corrected chi connectivity index (χ3v) is 3.72. The number of nitrogens with one attached hydrogen (secondary N) is 2. The number of benzene rings is 2. The predicted molar refractivity (Wildman–Crippen MR) is 99.9 cm³/mol. The predicted octanol–water partition coefficient (Wildman–Crippen LogP) is 2.49. The number of ether oxygens (including phenoxy) is 1. The van der Waals surface area contributed by atoms with E-state index < -0.39 is 5.91 Å². The lowest BCUT2D eigenvalue weighted by atomic mass is 10.2. The maximum atomic E-state index is 12.2. The van der Waals surface area contributed by atoms with Crippen molar-refractivity contribution in [3.05, 3.63) is 66.5 Å². The normalized spacial score (nSPS) is 10.3. The summed E-state index contributed by atoms with van der Waals surface area (Å²) in [5.74, 6) is -0.136. The first kappa shape index (κ1) is 18.0. The fourth-order valence-electron chi connectivity index (χ4n) is 2.40. The number of hydrogen-bond acceptors (Lipinski definition) is 5. The molecule has 3 rings (SSSR count). The molecule has 0 aliphatic carbocycles. The number of nitrogens with zero attached hydrogens (tertiary/aromatic N) is 2. The SMILES string of the molecule is COc1ccc(NC(=O)Cn2cc(NC(=O)c3ccccc3O)cn2)cc1. The van der Waals surface area contributed by atoms with E-state index in [1.54, 1.807) is 43.5 Å². The molecule has 2 amide bonds. The average molecular weight is 366 g/mol. The minimum atomic E-state index is -0.463. The molecule has 0 fully saturated rings. The van der Waals surface area contributed by atoms with Gasteiger partial charge >= 0.3 is 0 Å². The summed E-state index contributed by atoms with van der Waals surface area (Å²) >= 11 is 0. The maximum absolute atomic E-state index is 12.2. The molecule has 0 bridgehead atoms. The number of aromatic hydroxyl groups is 1. The van der Waals surface area contributed by atoms with Crippen LogP contribution in [0.1, 0.15) is 10.4 Å². The Hall–Kier alpha value is -3.81. The third-order valence-electron chi connectivity index (χ3n) is 3.72. The summed E-state index contributed by atoms with van der Waals surface area (Å²) in [4.78, 5) is 24.3. The molecule has 3 aromatic rings. The zero-order chi connectivity index (χ0) is 19.2. The maximum Gasteiger partial charge on any atom is 0.259 e. The number of hydrogen-bond donors (Lipinski definition) is 3. The van der Waals surface area contributed by atoms with Crippen LogP contribution in [0.15, 0.2) is 60.9 Å². The fourth-order valence-corrected chi connectivity index (χ4v) is 2.40. The van der Waals surface area contributed by atoms with Gasteiger partial charge in [-0.05, 0) is 36.4 Å². The van der Waals surface area contributed by atoms with E-state index in [2.05, 4.69) is 15.7 Å². The minimum Gasteiger partial charge on any atom is -0.507 e. The highest BCUT2D eigenvalue weighted by Crippen LogP contribution is 2.18. The summed E-state index contributed by atoms with van der Waals surface area (Å²) in [5.41, 5.74) is 1.21. The Morgan fingerprint density at radius 2 is 1.81 bits per heavy atom. The van der Waals surface area contributed by atoms with Gasteiger partial charge in [-0.1, -0.05) is 12.1 Å². The molecular formula is C19H18N4O4. The van der Waals surface area contributed by atoms with Gasteiger partial charge in [0.05, 0.1) is 24.6 Å². The Labute approximate surface area is 155 Å². The quantitative estimate of drug-likeness (QED) is 0.622. The van der Waals surface area contributed by atoms with Crippen LogP contribution in [0.3, 0.4) is 0 Å². The highest BCUT2D eigenvalue weighted by molar-refractivity contribution is 6.06. The van der Waals surface area contributed by atoms with E-state index in [1.165, 1.54) is 29.2 Å². The molecule has 0 atom stereocenters. The Bertz CT molecular complexity index is 950.